The Morgan fingerprint density at radius 3 is 1.82 bits per heavy atom. The maximum atomic E-state index is 7.10. The highest BCUT2D eigenvalue weighted by Gasteiger charge is 2.45. The van der Waals surface area contributed by atoms with Gasteiger partial charge in [-0.25, -0.2) is 0 Å². The molecule has 5 heteroatoms. The lowest BCUT2D eigenvalue weighted by atomic mass is 9.34. The van der Waals surface area contributed by atoms with E-state index >= 15 is 0 Å². The van der Waals surface area contributed by atoms with E-state index in [0.717, 1.165) is 45.6 Å². The van der Waals surface area contributed by atoms with Crippen LogP contribution < -0.4 is 30.9 Å². The summed E-state index contributed by atoms with van der Waals surface area (Å²) in [4.78, 5) is 4.81. The molecule has 3 aliphatic rings. The summed E-state index contributed by atoms with van der Waals surface area (Å²) >= 11 is 0. The predicted molar refractivity (Wildman–Crippen MR) is 259 cm³/mol. The largest absolute Gasteiger partial charge is 0.458 e. The van der Waals surface area contributed by atoms with Crippen molar-refractivity contribution in [1.29, 1.82) is 0 Å². The van der Waals surface area contributed by atoms with Crippen LogP contribution in [0.1, 0.15) is 25.0 Å². The molecule has 62 heavy (non-hydrogen) atoms. The van der Waals surface area contributed by atoms with Crippen molar-refractivity contribution in [1.82, 2.24) is 4.57 Å². The Morgan fingerprint density at radius 2 is 1.10 bits per heavy atom. The Kier molecular flexibility index (Phi) is 7.42. The number of hydrogen-bond donors (Lipinski definition) is 0. The minimum Gasteiger partial charge on any atom is -0.458 e. The van der Waals surface area contributed by atoms with E-state index < -0.39 is 0 Å². The van der Waals surface area contributed by atoms with Crippen LogP contribution in [-0.2, 0) is 5.41 Å². The molecule has 0 amide bonds. The molecule has 0 saturated carbocycles. The summed E-state index contributed by atoms with van der Waals surface area (Å²) in [6.45, 7) is 4.72. The third-order valence-electron chi connectivity index (χ3n) is 13.6. The van der Waals surface area contributed by atoms with Crippen molar-refractivity contribution < 1.29 is 4.74 Å². The van der Waals surface area contributed by atoms with Crippen molar-refractivity contribution in [2.24, 2.45) is 0 Å². The molecular formula is C57H40BN3O. The summed E-state index contributed by atoms with van der Waals surface area (Å²) in [5.41, 5.74) is 18.9. The van der Waals surface area contributed by atoms with Crippen LogP contribution in [0.2, 0.25) is 0 Å². The minimum absolute atomic E-state index is 0.0569. The lowest BCUT2D eigenvalue weighted by molar-refractivity contribution is 0.487. The first-order valence-corrected chi connectivity index (χ1v) is 21.5. The molecule has 0 unspecified atom stereocenters. The zero-order chi connectivity index (χ0) is 41.1. The van der Waals surface area contributed by atoms with Gasteiger partial charge >= 0.3 is 0 Å². The third kappa shape index (κ3) is 4.96. The zero-order valence-electron chi connectivity index (χ0n) is 34.5. The van der Waals surface area contributed by atoms with Crippen LogP contribution in [0.15, 0.2) is 206 Å². The van der Waals surface area contributed by atoms with Gasteiger partial charge in [-0.15, -0.1) is 0 Å². The number of hydrogen-bond acceptors (Lipinski definition) is 3. The maximum Gasteiger partial charge on any atom is 0.256 e. The monoisotopic (exact) mass is 793 g/mol. The molecule has 292 valence electrons. The molecular weight excluding hydrogens is 753 g/mol. The topological polar surface area (TPSA) is 20.6 Å². The van der Waals surface area contributed by atoms with Crippen molar-refractivity contribution in [3.63, 3.8) is 0 Å². The first-order chi connectivity index (χ1) is 30.5. The molecule has 0 N–H and O–H groups in total. The van der Waals surface area contributed by atoms with Crippen LogP contribution in [-0.4, -0.2) is 11.3 Å². The van der Waals surface area contributed by atoms with Crippen molar-refractivity contribution in [2.75, 3.05) is 9.80 Å². The van der Waals surface area contributed by atoms with E-state index in [9.17, 15) is 0 Å². The number of anilines is 6. The van der Waals surface area contributed by atoms with Crippen LogP contribution in [0.4, 0.5) is 34.1 Å². The molecule has 0 fully saturated rings. The minimum atomic E-state index is -0.272. The molecule has 10 aromatic rings. The van der Waals surface area contributed by atoms with Gasteiger partial charge in [0.1, 0.15) is 11.5 Å². The van der Waals surface area contributed by atoms with Gasteiger partial charge in [-0.1, -0.05) is 123 Å². The van der Waals surface area contributed by atoms with E-state index in [1.165, 1.54) is 66.1 Å². The molecule has 4 nitrogen and oxygen atoms in total. The lowest BCUT2D eigenvalue weighted by Crippen LogP contribution is -2.59. The predicted octanol–water partition coefficient (Wildman–Crippen LogP) is 13.0. The Morgan fingerprint density at radius 1 is 0.452 bits per heavy atom. The molecule has 2 aliphatic heterocycles. The summed E-state index contributed by atoms with van der Waals surface area (Å²) in [6.07, 6.45) is 0. The van der Waals surface area contributed by atoms with Crippen molar-refractivity contribution in [3.05, 3.63) is 217 Å². The molecule has 0 spiro atoms. The Bertz CT molecular complexity index is 3380. The molecule has 13 rings (SSSR count). The normalized spacial score (nSPS) is 13.8. The molecule has 0 atom stereocenters. The summed E-state index contributed by atoms with van der Waals surface area (Å²) in [5, 5.41) is 2.47. The SMILES string of the molecule is CC1(C)c2cc(N(c3ccccc3)c3ccccc3)ccc2-c2cc3c(cc21)B1c2cc4c(cc2N(c2ccccc2)c2cccc(c21)O3)c1ccccc1n4-c1ccccc1. The summed E-state index contributed by atoms with van der Waals surface area (Å²) < 4.78 is 9.54. The zero-order valence-corrected chi connectivity index (χ0v) is 34.5. The Hall–Kier alpha value is -7.76. The summed E-state index contributed by atoms with van der Waals surface area (Å²) in [5.74, 6) is 1.83. The lowest BCUT2D eigenvalue weighted by Gasteiger charge is -2.40. The highest BCUT2D eigenvalue weighted by molar-refractivity contribution is 6.99. The van der Waals surface area contributed by atoms with Gasteiger partial charge in [-0.2, -0.15) is 0 Å². The van der Waals surface area contributed by atoms with E-state index in [2.05, 4.69) is 234 Å². The standard InChI is InChI=1S/C57H40BN3O/c1-57(2)46-32-41(59(37-18-7-3-8-19-37)38-20-9-4-10-21-38)30-31-42(46)44-34-55-49(35-47(44)57)58-48-36-52-45(43-26-15-16-27-50(43)60(52)39-22-11-5-12-23-39)33-53(48)61(40-24-13-6-14-25-40)51-28-17-29-54(62-55)56(51)58/h3-36H,1-2H3. The second-order valence-corrected chi connectivity index (χ2v) is 17.3. The second kappa shape index (κ2) is 13.1. The van der Waals surface area contributed by atoms with Crippen LogP contribution >= 0.6 is 0 Å². The number of para-hydroxylation sites is 5. The molecule has 9 aromatic carbocycles. The fourth-order valence-electron chi connectivity index (χ4n) is 10.8. The number of fused-ring (bicyclic) bond motifs is 10. The maximum absolute atomic E-state index is 7.10. The summed E-state index contributed by atoms with van der Waals surface area (Å²) in [7, 11) is 0. The fraction of sp³-hybridized carbons (Fsp3) is 0.0526. The van der Waals surface area contributed by atoms with Gasteiger partial charge in [-0.05, 0) is 136 Å². The average molecular weight is 794 g/mol. The van der Waals surface area contributed by atoms with Gasteiger partial charge in [0.25, 0.3) is 6.71 Å². The first kappa shape index (κ1) is 35.0. The smallest absolute Gasteiger partial charge is 0.256 e. The van der Waals surface area contributed by atoms with E-state index in [0.29, 0.717) is 0 Å². The average Bonchev–Trinajstić information content (AvgIpc) is 3.75. The fourth-order valence-corrected chi connectivity index (χ4v) is 10.8. The number of aromatic nitrogens is 1. The quantitative estimate of drug-likeness (QED) is 0.162. The van der Waals surface area contributed by atoms with E-state index in [1.54, 1.807) is 0 Å². The third-order valence-corrected chi connectivity index (χ3v) is 13.6. The number of benzene rings is 9. The molecule has 1 aromatic heterocycles. The molecule has 0 saturated heterocycles. The van der Waals surface area contributed by atoms with Gasteiger partial charge in [-0.3, -0.25) is 0 Å². The van der Waals surface area contributed by atoms with E-state index in [4.69, 9.17) is 4.74 Å². The van der Waals surface area contributed by atoms with Crippen LogP contribution in [0.25, 0.3) is 38.6 Å². The first-order valence-electron chi connectivity index (χ1n) is 21.5. The molecule has 0 radical (unpaired) electrons. The van der Waals surface area contributed by atoms with Crippen LogP contribution in [0.5, 0.6) is 11.5 Å². The number of nitrogens with zero attached hydrogens (tertiary/aromatic N) is 3. The second-order valence-electron chi connectivity index (χ2n) is 17.3. The van der Waals surface area contributed by atoms with Crippen LogP contribution in [0, 0.1) is 0 Å². The van der Waals surface area contributed by atoms with Gasteiger partial charge in [0.2, 0.25) is 0 Å². The van der Waals surface area contributed by atoms with Gasteiger partial charge in [0, 0.05) is 56.0 Å². The molecule has 0 bridgehead atoms. The molecule has 3 heterocycles. The highest BCUT2D eigenvalue weighted by atomic mass is 16.5. The van der Waals surface area contributed by atoms with Crippen molar-refractivity contribution >= 4 is 79.0 Å². The van der Waals surface area contributed by atoms with E-state index in [1.807, 2.05) is 0 Å². The van der Waals surface area contributed by atoms with Gasteiger partial charge < -0.3 is 19.1 Å². The number of rotatable bonds is 5. The van der Waals surface area contributed by atoms with Gasteiger partial charge in [0.15, 0.2) is 0 Å². The molecule has 1 aliphatic carbocycles. The van der Waals surface area contributed by atoms with Crippen molar-refractivity contribution in [2.45, 2.75) is 19.3 Å². The van der Waals surface area contributed by atoms with Crippen molar-refractivity contribution in [3.8, 4) is 28.3 Å². The Balaban J connectivity index is 1.04. The van der Waals surface area contributed by atoms with Crippen LogP contribution in [0.3, 0.4) is 0 Å². The Labute approximate surface area is 361 Å². The summed E-state index contributed by atoms with van der Waals surface area (Å²) in [6, 6.07) is 75.1. The van der Waals surface area contributed by atoms with E-state index in [-0.39, 0.29) is 12.1 Å². The highest BCUT2D eigenvalue weighted by Crippen LogP contribution is 2.53. The number of ether oxygens (including phenoxy) is 1. The van der Waals surface area contributed by atoms with Gasteiger partial charge in [0.05, 0.1) is 11.0 Å².